The highest BCUT2D eigenvalue weighted by atomic mass is 35.5. The zero-order valence-electron chi connectivity index (χ0n) is 18.7. The number of ether oxygens (including phenoxy) is 1. The molecular formula is C26H22Cl6N2O2. The molecule has 1 heterocycles. The molecule has 0 saturated heterocycles. The van der Waals surface area contributed by atoms with Crippen LogP contribution in [0.3, 0.4) is 0 Å². The van der Waals surface area contributed by atoms with Crippen molar-refractivity contribution in [2.75, 3.05) is 6.67 Å². The van der Waals surface area contributed by atoms with Crippen molar-refractivity contribution in [1.82, 2.24) is 9.80 Å². The van der Waals surface area contributed by atoms with Gasteiger partial charge in [-0.2, -0.15) is 0 Å². The molecule has 4 rings (SSSR count). The Balaban J connectivity index is 1.47. The fourth-order valence-corrected chi connectivity index (χ4v) is 5.09. The first-order valence-corrected chi connectivity index (χ1v) is 13.3. The van der Waals surface area contributed by atoms with E-state index in [0.717, 1.165) is 11.1 Å². The number of rotatable bonds is 9. The lowest BCUT2D eigenvalue weighted by atomic mass is 10.1. The van der Waals surface area contributed by atoms with Gasteiger partial charge in [-0.3, -0.25) is 0 Å². The second-order valence-electron chi connectivity index (χ2n) is 8.23. The second-order valence-corrected chi connectivity index (χ2v) is 10.8. The molecule has 0 bridgehead atoms. The minimum Gasteiger partial charge on any atom is -0.385 e. The van der Waals surface area contributed by atoms with Gasteiger partial charge < -0.3 is 19.6 Å². The number of hydrogen-bond donors (Lipinski definition) is 1. The minimum atomic E-state index is -0.933. The van der Waals surface area contributed by atoms with E-state index in [2.05, 4.69) is 0 Å². The van der Waals surface area contributed by atoms with Crippen molar-refractivity contribution in [3.63, 3.8) is 0 Å². The monoisotopic (exact) mass is 604 g/mol. The van der Waals surface area contributed by atoms with Crippen LogP contribution in [0, 0.1) is 0 Å². The molecule has 190 valence electrons. The normalized spacial score (nSPS) is 16.8. The van der Waals surface area contributed by atoms with Crippen LogP contribution in [0.5, 0.6) is 0 Å². The van der Waals surface area contributed by atoms with E-state index in [1.54, 1.807) is 59.6 Å². The van der Waals surface area contributed by atoms with Crippen LogP contribution in [-0.4, -0.2) is 32.6 Å². The van der Waals surface area contributed by atoms with Gasteiger partial charge in [0.2, 0.25) is 0 Å². The highest BCUT2D eigenvalue weighted by Crippen LogP contribution is 2.34. The predicted octanol–water partition coefficient (Wildman–Crippen LogP) is 8.47. The summed E-state index contributed by atoms with van der Waals surface area (Å²) in [6.07, 6.45) is 2.15. The van der Waals surface area contributed by atoms with Crippen LogP contribution < -0.4 is 0 Å². The smallest absolute Gasteiger partial charge is 0.135 e. The third kappa shape index (κ3) is 6.75. The standard InChI is InChI=1S/C26H22Cl6N2O2/c27-19-6-1-16(2-7-19)23(35)25(31)33-11-12-34(15-33)26(32)24(17-3-8-20(28)9-4-17)36-14-18-5-10-21(29)13-22(18)30/h1-13,23-26,35H,14-15H2. The van der Waals surface area contributed by atoms with Crippen LogP contribution in [-0.2, 0) is 11.3 Å². The molecule has 4 atom stereocenters. The van der Waals surface area contributed by atoms with Crippen LogP contribution in [0.4, 0.5) is 0 Å². The molecule has 3 aromatic carbocycles. The lowest BCUT2D eigenvalue weighted by Crippen LogP contribution is -2.39. The summed E-state index contributed by atoms with van der Waals surface area (Å²) in [7, 11) is 0. The van der Waals surface area contributed by atoms with Crippen molar-refractivity contribution in [3.8, 4) is 0 Å². The van der Waals surface area contributed by atoms with E-state index < -0.39 is 23.2 Å². The van der Waals surface area contributed by atoms with Gasteiger partial charge in [-0.15, -0.1) is 0 Å². The molecule has 4 unspecified atom stereocenters. The molecule has 4 nitrogen and oxygen atoms in total. The zero-order chi connectivity index (χ0) is 25.8. The first-order chi connectivity index (χ1) is 17.2. The summed E-state index contributed by atoms with van der Waals surface area (Å²) < 4.78 is 6.28. The summed E-state index contributed by atoms with van der Waals surface area (Å²) in [5.74, 6) is 0. The summed E-state index contributed by atoms with van der Waals surface area (Å²) in [5, 5.41) is 13.0. The molecule has 0 radical (unpaired) electrons. The van der Waals surface area contributed by atoms with Crippen LogP contribution >= 0.6 is 69.6 Å². The predicted molar refractivity (Wildman–Crippen MR) is 149 cm³/mol. The van der Waals surface area contributed by atoms with E-state index in [9.17, 15) is 5.11 Å². The number of hydrogen-bond acceptors (Lipinski definition) is 4. The summed E-state index contributed by atoms with van der Waals surface area (Å²) in [5.41, 5.74) is 0.972. The van der Waals surface area contributed by atoms with Crippen molar-refractivity contribution in [3.05, 3.63) is 116 Å². The number of halogens is 6. The first kappa shape index (κ1) is 27.7. The van der Waals surface area contributed by atoms with Crippen molar-refractivity contribution in [2.24, 2.45) is 0 Å². The Labute approximate surface area is 240 Å². The van der Waals surface area contributed by atoms with Crippen molar-refractivity contribution >= 4 is 69.6 Å². The number of aliphatic hydroxyl groups excluding tert-OH is 1. The third-order valence-corrected chi connectivity index (χ3v) is 7.82. The van der Waals surface area contributed by atoms with E-state index >= 15 is 0 Å². The summed E-state index contributed by atoms with van der Waals surface area (Å²) in [4.78, 5) is 3.68. The molecule has 0 spiro atoms. The Morgan fingerprint density at radius 1 is 0.722 bits per heavy atom. The van der Waals surface area contributed by atoms with Crippen LogP contribution in [0.2, 0.25) is 20.1 Å². The van der Waals surface area contributed by atoms with Crippen LogP contribution in [0.15, 0.2) is 79.1 Å². The number of aliphatic hydroxyl groups is 1. The van der Waals surface area contributed by atoms with Gasteiger partial charge in [0.1, 0.15) is 23.2 Å². The van der Waals surface area contributed by atoms with Gasteiger partial charge in [0, 0.05) is 32.5 Å². The Morgan fingerprint density at radius 2 is 1.25 bits per heavy atom. The maximum absolute atomic E-state index is 10.8. The molecule has 0 amide bonds. The maximum Gasteiger partial charge on any atom is 0.135 e. The molecule has 1 aliphatic rings. The molecule has 0 saturated carbocycles. The van der Waals surface area contributed by atoms with Gasteiger partial charge in [0.15, 0.2) is 0 Å². The number of benzene rings is 3. The second kappa shape index (κ2) is 12.5. The molecule has 1 aliphatic heterocycles. The lowest BCUT2D eigenvalue weighted by Gasteiger charge is -2.33. The Morgan fingerprint density at radius 3 is 1.83 bits per heavy atom. The molecule has 0 aliphatic carbocycles. The average molecular weight is 607 g/mol. The van der Waals surface area contributed by atoms with Gasteiger partial charge in [-0.25, -0.2) is 0 Å². The van der Waals surface area contributed by atoms with Gasteiger partial charge in [0.05, 0.1) is 13.3 Å². The SMILES string of the molecule is OC(c1ccc(Cl)cc1)C(Cl)N1C=CN(C(Cl)C(OCc2ccc(Cl)cc2Cl)c2ccc(Cl)cc2)C1. The molecule has 0 aromatic heterocycles. The van der Waals surface area contributed by atoms with Gasteiger partial charge in [0.25, 0.3) is 0 Å². The van der Waals surface area contributed by atoms with E-state index in [1.807, 2.05) is 29.3 Å². The van der Waals surface area contributed by atoms with E-state index in [4.69, 9.17) is 74.3 Å². The number of alkyl halides is 2. The first-order valence-electron chi connectivity index (χ1n) is 11.0. The Hall–Kier alpha value is -1.34. The molecule has 10 heteroatoms. The Kier molecular flexibility index (Phi) is 9.59. The van der Waals surface area contributed by atoms with Crippen molar-refractivity contribution in [1.29, 1.82) is 0 Å². The quantitative estimate of drug-likeness (QED) is 0.196. The third-order valence-electron chi connectivity index (χ3n) is 5.76. The summed E-state index contributed by atoms with van der Waals surface area (Å²) in [6.45, 7) is 0.573. The van der Waals surface area contributed by atoms with Gasteiger partial charge in [-0.1, -0.05) is 99.9 Å². The maximum atomic E-state index is 10.8. The molecular weight excluding hydrogens is 585 g/mol. The largest absolute Gasteiger partial charge is 0.385 e. The minimum absolute atomic E-state index is 0.223. The van der Waals surface area contributed by atoms with E-state index in [1.165, 1.54) is 0 Å². The highest BCUT2D eigenvalue weighted by Gasteiger charge is 2.33. The van der Waals surface area contributed by atoms with Crippen LogP contribution in [0.25, 0.3) is 0 Å². The van der Waals surface area contributed by atoms with E-state index in [-0.39, 0.29) is 6.61 Å². The fraction of sp³-hybridized carbons (Fsp3) is 0.231. The van der Waals surface area contributed by atoms with Gasteiger partial charge in [-0.05, 0) is 53.1 Å². The van der Waals surface area contributed by atoms with Crippen LogP contribution in [0.1, 0.15) is 28.9 Å². The highest BCUT2D eigenvalue weighted by molar-refractivity contribution is 6.35. The topological polar surface area (TPSA) is 35.9 Å². The molecule has 36 heavy (non-hydrogen) atoms. The van der Waals surface area contributed by atoms with Crippen molar-refractivity contribution < 1.29 is 9.84 Å². The summed E-state index contributed by atoms with van der Waals surface area (Å²) in [6, 6.07) is 19.5. The Bertz CT molecular complexity index is 1190. The van der Waals surface area contributed by atoms with Crippen molar-refractivity contribution in [2.45, 2.75) is 29.8 Å². The summed E-state index contributed by atoms with van der Waals surface area (Å²) >= 11 is 38.0. The lowest BCUT2D eigenvalue weighted by molar-refractivity contribution is 0.00384. The van der Waals surface area contributed by atoms with Gasteiger partial charge >= 0.3 is 0 Å². The molecule has 3 aromatic rings. The average Bonchev–Trinajstić information content (AvgIpc) is 3.36. The van der Waals surface area contributed by atoms with E-state index in [0.29, 0.717) is 32.3 Å². The fourth-order valence-electron chi connectivity index (χ4n) is 3.75. The molecule has 0 fully saturated rings. The number of nitrogens with zero attached hydrogens (tertiary/aromatic N) is 2. The molecule has 1 N–H and O–H groups in total. The zero-order valence-corrected chi connectivity index (χ0v) is 23.3.